The fourth-order valence-corrected chi connectivity index (χ4v) is 2.02. The van der Waals surface area contributed by atoms with Crippen molar-refractivity contribution in [1.82, 2.24) is 15.3 Å². The summed E-state index contributed by atoms with van der Waals surface area (Å²) in [4.78, 5) is 8.32. The van der Waals surface area contributed by atoms with E-state index in [1.807, 2.05) is 0 Å². The predicted octanol–water partition coefficient (Wildman–Crippen LogP) is 2.08. The van der Waals surface area contributed by atoms with Crippen LogP contribution in [-0.2, 0) is 0 Å². The van der Waals surface area contributed by atoms with Gasteiger partial charge in [-0.2, -0.15) is 4.98 Å². The number of nitrogens with zero attached hydrogens (tertiary/aromatic N) is 2. The summed E-state index contributed by atoms with van der Waals surface area (Å²) in [6, 6.07) is 2.71. The van der Waals surface area contributed by atoms with Gasteiger partial charge in [0, 0.05) is 6.07 Å². The van der Waals surface area contributed by atoms with Crippen LogP contribution in [0.2, 0.25) is 0 Å². The van der Waals surface area contributed by atoms with Gasteiger partial charge in [0.2, 0.25) is 11.8 Å². The average Bonchev–Trinajstić information content (AvgIpc) is 2.47. The van der Waals surface area contributed by atoms with Crippen molar-refractivity contribution in [2.45, 2.75) is 6.04 Å². The highest BCUT2D eigenvalue weighted by Gasteiger charge is 2.21. The Balaban J connectivity index is 2.50. The molecule has 0 fully saturated rings. The molecule has 112 valence electrons. The van der Waals surface area contributed by atoms with Crippen molar-refractivity contribution >= 4 is 0 Å². The van der Waals surface area contributed by atoms with Crippen molar-refractivity contribution in [2.24, 2.45) is 0 Å². The maximum atomic E-state index is 13.4. The van der Waals surface area contributed by atoms with Crippen LogP contribution in [0.3, 0.4) is 0 Å². The van der Waals surface area contributed by atoms with Gasteiger partial charge in [-0.25, -0.2) is 13.8 Å². The predicted molar refractivity (Wildman–Crippen MR) is 72.4 cm³/mol. The Morgan fingerprint density at radius 2 is 1.76 bits per heavy atom. The van der Waals surface area contributed by atoms with Crippen molar-refractivity contribution in [1.29, 1.82) is 0 Å². The second-order valence-electron chi connectivity index (χ2n) is 4.23. The van der Waals surface area contributed by atoms with Crippen LogP contribution in [0, 0.1) is 11.6 Å². The van der Waals surface area contributed by atoms with Crippen molar-refractivity contribution < 1.29 is 18.3 Å². The zero-order chi connectivity index (χ0) is 15.4. The molecule has 21 heavy (non-hydrogen) atoms. The van der Waals surface area contributed by atoms with Crippen LogP contribution in [0.5, 0.6) is 11.8 Å². The molecule has 0 spiro atoms. The number of aromatic nitrogens is 2. The molecule has 1 unspecified atom stereocenters. The van der Waals surface area contributed by atoms with E-state index in [-0.39, 0.29) is 11.8 Å². The van der Waals surface area contributed by atoms with Gasteiger partial charge in [-0.05, 0) is 24.7 Å². The lowest BCUT2D eigenvalue weighted by atomic mass is 10.0. The third-order valence-electron chi connectivity index (χ3n) is 2.93. The Labute approximate surface area is 120 Å². The van der Waals surface area contributed by atoms with E-state index in [0.717, 1.165) is 6.07 Å². The molecule has 0 saturated carbocycles. The van der Waals surface area contributed by atoms with Gasteiger partial charge in [0.05, 0.1) is 26.5 Å². The molecule has 2 aromatic rings. The van der Waals surface area contributed by atoms with E-state index in [1.54, 1.807) is 7.05 Å². The van der Waals surface area contributed by atoms with Crippen molar-refractivity contribution in [2.75, 3.05) is 21.3 Å². The molecule has 1 N–H and O–H groups in total. The van der Waals surface area contributed by atoms with Crippen molar-refractivity contribution in [3.8, 4) is 11.8 Å². The number of rotatable bonds is 5. The van der Waals surface area contributed by atoms with Crippen molar-refractivity contribution in [3.63, 3.8) is 0 Å². The number of nitrogens with one attached hydrogen (secondary N) is 1. The summed E-state index contributed by atoms with van der Waals surface area (Å²) in [6.45, 7) is 0. The van der Waals surface area contributed by atoms with Crippen molar-refractivity contribution in [3.05, 3.63) is 47.3 Å². The Morgan fingerprint density at radius 3 is 2.29 bits per heavy atom. The van der Waals surface area contributed by atoms with Crippen LogP contribution in [-0.4, -0.2) is 31.2 Å². The zero-order valence-corrected chi connectivity index (χ0v) is 11.9. The molecule has 1 aromatic carbocycles. The Kier molecular flexibility index (Phi) is 4.64. The first-order valence-corrected chi connectivity index (χ1v) is 6.17. The molecule has 0 bridgehead atoms. The quantitative estimate of drug-likeness (QED) is 0.915. The second kappa shape index (κ2) is 6.45. The van der Waals surface area contributed by atoms with Gasteiger partial charge in [0.25, 0.3) is 0 Å². The third kappa shape index (κ3) is 3.25. The van der Waals surface area contributed by atoms with Gasteiger partial charge in [-0.3, -0.25) is 0 Å². The lowest BCUT2D eigenvalue weighted by Crippen LogP contribution is -2.20. The topological polar surface area (TPSA) is 56.3 Å². The highest BCUT2D eigenvalue weighted by molar-refractivity contribution is 5.34. The van der Waals surface area contributed by atoms with Crippen LogP contribution >= 0.6 is 0 Å². The van der Waals surface area contributed by atoms with Gasteiger partial charge < -0.3 is 14.8 Å². The Morgan fingerprint density at radius 1 is 1.10 bits per heavy atom. The minimum atomic E-state index is -0.661. The summed E-state index contributed by atoms with van der Waals surface area (Å²) in [5.74, 6) is -0.814. The first-order chi connectivity index (χ1) is 10.1. The highest BCUT2D eigenvalue weighted by Crippen LogP contribution is 2.28. The second-order valence-corrected chi connectivity index (χ2v) is 4.23. The van der Waals surface area contributed by atoms with Gasteiger partial charge >= 0.3 is 0 Å². The molecule has 1 atom stereocenters. The number of methoxy groups -OCH3 is 2. The monoisotopic (exact) mass is 295 g/mol. The smallest absolute Gasteiger partial charge is 0.240 e. The fourth-order valence-electron chi connectivity index (χ4n) is 2.02. The minimum Gasteiger partial charge on any atom is -0.480 e. The average molecular weight is 295 g/mol. The normalized spacial score (nSPS) is 12.0. The summed E-state index contributed by atoms with van der Waals surface area (Å²) in [5.41, 5.74) is 0.790. The van der Waals surface area contributed by atoms with Gasteiger partial charge in [-0.1, -0.05) is 0 Å². The zero-order valence-electron chi connectivity index (χ0n) is 11.9. The summed E-state index contributed by atoms with van der Waals surface area (Å²) in [7, 11) is 4.55. The molecule has 0 amide bonds. The SMILES string of the molecule is CNC(c1cc(F)cc(F)c1)c1ncc(OC)nc1OC. The molecule has 0 saturated heterocycles. The van der Waals surface area contributed by atoms with E-state index in [4.69, 9.17) is 9.47 Å². The maximum Gasteiger partial charge on any atom is 0.240 e. The highest BCUT2D eigenvalue weighted by atomic mass is 19.1. The first kappa shape index (κ1) is 15.1. The first-order valence-electron chi connectivity index (χ1n) is 6.17. The largest absolute Gasteiger partial charge is 0.480 e. The Hall–Kier alpha value is -2.28. The molecule has 1 heterocycles. The lowest BCUT2D eigenvalue weighted by Gasteiger charge is -2.18. The van der Waals surface area contributed by atoms with Crippen LogP contribution in [0.25, 0.3) is 0 Å². The van der Waals surface area contributed by atoms with E-state index in [1.165, 1.54) is 32.5 Å². The molecule has 0 aliphatic carbocycles. The molecule has 0 aliphatic rings. The van der Waals surface area contributed by atoms with Crippen LogP contribution < -0.4 is 14.8 Å². The van der Waals surface area contributed by atoms with Gasteiger partial charge in [0.15, 0.2) is 0 Å². The molecular weight excluding hydrogens is 280 g/mol. The summed E-state index contributed by atoms with van der Waals surface area (Å²) < 4.78 is 36.9. The van der Waals surface area contributed by atoms with E-state index in [0.29, 0.717) is 11.3 Å². The van der Waals surface area contributed by atoms with Gasteiger partial charge in [0.1, 0.15) is 17.3 Å². The number of hydrogen-bond donors (Lipinski definition) is 1. The van der Waals surface area contributed by atoms with E-state index < -0.39 is 17.7 Å². The maximum absolute atomic E-state index is 13.4. The summed E-state index contributed by atoms with van der Waals surface area (Å²) in [6.07, 6.45) is 1.41. The number of halogens is 2. The van der Waals surface area contributed by atoms with E-state index in [9.17, 15) is 8.78 Å². The summed E-state index contributed by atoms with van der Waals surface area (Å²) in [5, 5.41) is 2.94. The minimum absolute atomic E-state index is 0.221. The third-order valence-corrected chi connectivity index (χ3v) is 2.93. The molecule has 2 rings (SSSR count). The fraction of sp³-hybridized carbons (Fsp3) is 0.286. The number of ether oxygens (including phenoxy) is 2. The number of hydrogen-bond acceptors (Lipinski definition) is 5. The molecule has 0 radical (unpaired) electrons. The number of benzene rings is 1. The summed E-state index contributed by atoms with van der Waals surface area (Å²) >= 11 is 0. The lowest BCUT2D eigenvalue weighted by molar-refractivity contribution is 0.353. The van der Waals surface area contributed by atoms with E-state index in [2.05, 4.69) is 15.3 Å². The van der Waals surface area contributed by atoms with Crippen LogP contribution in [0.15, 0.2) is 24.4 Å². The van der Waals surface area contributed by atoms with Crippen LogP contribution in [0.1, 0.15) is 17.3 Å². The molecule has 7 heteroatoms. The van der Waals surface area contributed by atoms with Crippen LogP contribution in [0.4, 0.5) is 8.78 Å². The molecule has 0 aliphatic heterocycles. The molecule has 1 aromatic heterocycles. The Bertz CT molecular complexity index is 617. The van der Waals surface area contributed by atoms with Gasteiger partial charge in [-0.15, -0.1) is 0 Å². The molecule has 5 nitrogen and oxygen atoms in total. The molecular formula is C14H15F2N3O2. The standard InChI is InChI=1S/C14H15F2N3O2/c1-17-12(8-4-9(15)6-10(16)5-8)13-14(21-3)19-11(20-2)7-18-13/h4-7,12,17H,1-3H3. The van der Waals surface area contributed by atoms with E-state index >= 15 is 0 Å².